The van der Waals surface area contributed by atoms with Crippen molar-refractivity contribution < 1.29 is 9.18 Å². The van der Waals surface area contributed by atoms with Gasteiger partial charge in [-0.2, -0.15) is 0 Å². The van der Waals surface area contributed by atoms with E-state index < -0.39 is 0 Å². The number of para-hydroxylation sites is 1. The van der Waals surface area contributed by atoms with Gasteiger partial charge < -0.3 is 15.1 Å². The highest BCUT2D eigenvalue weighted by Gasteiger charge is 2.21. The van der Waals surface area contributed by atoms with Crippen molar-refractivity contribution in [2.45, 2.75) is 6.92 Å². The first kappa shape index (κ1) is 17.4. The molecule has 0 amide bonds. The number of nitrogens with one attached hydrogen (secondary N) is 1. The van der Waals surface area contributed by atoms with Crippen molar-refractivity contribution in [2.75, 3.05) is 36.4 Å². The Morgan fingerprint density at radius 3 is 2.48 bits per heavy atom. The zero-order valence-corrected chi connectivity index (χ0v) is 14.9. The Bertz CT molecular complexity index is 788. The second kappa shape index (κ2) is 7.61. The predicted molar refractivity (Wildman–Crippen MR) is 103 cm³/mol. The van der Waals surface area contributed by atoms with Crippen LogP contribution >= 0.6 is 12.2 Å². The third-order valence-corrected chi connectivity index (χ3v) is 4.64. The van der Waals surface area contributed by atoms with E-state index in [4.69, 9.17) is 12.2 Å². The number of carbonyl (C=O) groups is 1. The van der Waals surface area contributed by atoms with Gasteiger partial charge >= 0.3 is 0 Å². The molecule has 130 valence electrons. The van der Waals surface area contributed by atoms with Crippen LogP contribution in [-0.2, 0) is 0 Å². The molecule has 0 radical (unpaired) electrons. The topological polar surface area (TPSA) is 35.6 Å². The number of piperazine rings is 1. The van der Waals surface area contributed by atoms with Gasteiger partial charge in [0.2, 0.25) is 0 Å². The van der Waals surface area contributed by atoms with E-state index in [0.717, 1.165) is 5.69 Å². The molecule has 2 aromatic carbocycles. The smallest absolute Gasteiger partial charge is 0.173 e. The van der Waals surface area contributed by atoms with E-state index in [1.54, 1.807) is 31.2 Å². The Hall–Kier alpha value is -2.47. The highest BCUT2D eigenvalue weighted by Crippen LogP contribution is 2.20. The van der Waals surface area contributed by atoms with Gasteiger partial charge in [-0.05, 0) is 43.4 Å². The number of rotatable bonds is 3. The third-order valence-electron chi connectivity index (χ3n) is 4.28. The van der Waals surface area contributed by atoms with Crippen LogP contribution in [0.15, 0.2) is 48.5 Å². The summed E-state index contributed by atoms with van der Waals surface area (Å²) in [6, 6.07) is 14.1. The monoisotopic (exact) mass is 357 g/mol. The van der Waals surface area contributed by atoms with Gasteiger partial charge in [0.25, 0.3) is 0 Å². The van der Waals surface area contributed by atoms with E-state index >= 15 is 0 Å². The summed E-state index contributed by atoms with van der Waals surface area (Å²) in [5, 5.41) is 3.80. The fourth-order valence-corrected chi connectivity index (χ4v) is 3.18. The number of ketones is 1. The Morgan fingerprint density at radius 1 is 1.08 bits per heavy atom. The van der Waals surface area contributed by atoms with Crippen molar-refractivity contribution in [1.82, 2.24) is 4.90 Å². The van der Waals surface area contributed by atoms with Crippen LogP contribution in [0.1, 0.15) is 17.3 Å². The zero-order valence-electron chi connectivity index (χ0n) is 14.0. The van der Waals surface area contributed by atoms with Gasteiger partial charge in [0, 0.05) is 37.4 Å². The van der Waals surface area contributed by atoms with E-state index in [2.05, 4.69) is 10.2 Å². The normalized spacial score (nSPS) is 14.3. The number of benzene rings is 2. The minimum Gasteiger partial charge on any atom is -0.366 e. The largest absolute Gasteiger partial charge is 0.366 e. The predicted octanol–water partition coefficient (Wildman–Crippen LogP) is 3.55. The molecular weight excluding hydrogens is 337 g/mol. The molecule has 25 heavy (non-hydrogen) atoms. The Balaban J connectivity index is 1.59. The summed E-state index contributed by atoms with van der Waals surface area (Å²) in [5.41, 5.74) is 2.08. The van der Waals surface area contributed by atoms with Crippen LogP contribution in [0, 0.1) is 5.82 Å². The molecule has 4 nitrogen and oxygen atoms in total. The average molecular weight is 357 g/mol. The van der Waals surface area contributed by atoms with Gasteiger partial charge in [0.1, 0.15) is 5.82 Å². The molecule has 1 aliphatic rings. The average Bonchev–Trinajstić information content (AvgIpc) is 2.62. The van der Waals surface area contributed by atoms with Crippen LogP contribution in [0.3, 0.4) is 0 Å². The van der Waals surface area contributed by atoms with E-state index in [1.807, 2.05) is 23.1 Å². The minimum absolute atomic E-state index is 0.0214. The quantitative estimate of drug-likeness (QED) is 0.671. The fraction of sp³-hybridized carbons (Fsp3) is 0.263. The van der Waals surface area contributed by atoms with Crippen LogP contribution in [0.25, 0.3) is 0 Å². The lowest BCUT2D eigenvalue weighted by atomic mass is 10.1. The highest BCUT2D eigenvalue weighted by molar-refractivity contribution is 7.80. The standard InChI is InChI=1S/C19H20FN3OS/c1-14(24)15-5-4-6-16(13-15)21-19(25)23-11-9-22(10-12-23)18-8-3-2-7-17(18)20/h2-8,13H,9-12H2,1H3,(H,21,25). The maximum absolute atomic E-state index is 13.9. The molecule has 0 unspecified atom stereocenters. The molecule has 1 heterocycles. The molecule has 0 aromatic heterocycles. The number of carbonyl (C=O) groups excluding carboxylic acids is 1. The summed E-state index contributed by atoms with van der Waals surface area (Å²) in [6.07, 6.45) is 0. The van der Waals surface area contributed by atoms with Crippen LogP contribution < -0.4 is 10.2 Å². The molecule has 0 bridgehead atoms. The van der Waals surface area contributed by atoms with E-state index in [9.17, 15) is 9.18 Å². The lowest BCUT2D eigenvalue weighted by Crippen LogP contribution is -2.50. The van der Waals surface area contributed by atoms with Crippen LogP contribution in [-0.4, -0.2) is 42.0 Å². The number of anilines is 2. The van der Waals surface area contributed by atoms with Crippen LogP contribution in [0.4, 0.5) is 15.8 Å². The van der Waals surface area contributed by atoms with Gasteiger partial charge in [0.05, 0.1) is 5.69 Å². The second-order valence-electron chi connectivity index (χ2n) is 5.99. The summed E-state index contributed by atoms with van der Waals surface area (Å²) in [5.74, 6) is -0.175. The molecule has 6 heteroatoms. The van der Waals surface area contributed by atoms with E-state index in [1.165, 1.54) is 6.07 Å². The SMILES string of the molecule is CC(=O)c1cccc(NC(=S)N2CCN(c3ccccc3F)CC2)c1. The molecule has 3 rings (SSSR count). The lowest BCUT2D eigenvalue weighted by molar-refractivity contribution is 0.101. The molecule has 0 spiro atoms. The van der Waals surface area contributed by atoms with Gasteiger partial charge in [-0.1, -0.05) is 24.3 Å². The van der Waals surface area contributed by atoms with Crippen LogP contribution in [0.5, 0.6) is 0 Å². The van der Waals surface area contributed by atoms with Crippen molar-refractivity contribution in [2.24, 2.45) is 0 Å². The number of hydrogen-bond donors (Lipinski definition) is 1. The summed E-state index contributed by atoms with van der Waals surface area (Å²) < 4.78 is 13.9. The van der Waals surface area contributed by atoms with Crippen molar-refractivity contribution in [3.8, 4) is 0 Å². The maximum atomic E-state index is 13.9. The maximum Gasteiger partial charge on any atom is 0.173 e. The van der Waals surface area contributed by atoms with Crippen molar-refractivity contribution >= 4 is 34.5 Å². The van der Waals surface area contributed by atoms with Crippen molar-refractivity contribution in [1.29, 1.82) is 0 Å². The molecular formula is C19H20FN3OS. The fourth-order valence-electron chi connectivity index (χ4n) is 2.88. The minimum atomic E-state index is -0.197. The van der Waals surface area contributed by atoms with Crippen LogP contribution in [0.2, 0.25) is 0 Å². The van der Waals surface area contributed by atoms with Gasteiger partial charge in [-0.3, -0.25) is 4.79 Å². The number of nitrogens with zero attached hydrogens (tertiary/aromatic N) is 2. The molecule has 0 aliphatic carbocycles. The van der Waals surface area contributed by atoms with Gasteiger partial charge in [-0.25, -0.2) is 4.39 Å². The number of halogens is 1. The summed E-state index contributed by atoms with van der Waals surface area (Å²) in [6.45, 7) is 4.38. The number of hydrogen-bond acceptors (Lipinski definition) is 3. The molecule has 1 aliphatic heterocycles. The first-order valence-electron chi connectivity index (χ1n) is 8.21. The second-order valence-corrected chi connectivity index (χ2v) is 6.38. The molecule has 2 aromatic rings. The Labute approximate surface area is 152 Å². The Morgan fingerprint density at radius 2 is 1.80 bits per heavy atom. The molecule has 1 saturated heterocycles. The van der Waals surface area contributed by atoms with Crippen molar-refractivity contribution in [3.63, 3.8) is 0 Å². The first-order valence-corrected chi connectivity index (χ1v) is 8.62. The van der Waals surface area contributed by atoms with Crippen molar-refractivity contribution in [3.05, 3.63) is 59.9 Å². The molecule has 0 saturated carbocycles. The van der Waals surface area contributed by atoms with E-state index in [-0.39, 0.29) is 11.6 Å². The van der Waals surface area contributed by atoms with Gasteiger partial charge in [-0.15, -0.1) is 0 Å². The summed E-state index contributed by atoms with van der Waals surface area (Å²) in [7, 11) is 0. The van der Waals surface area contributed by atoms with E-state index in [0.29, 0.717) is 42.5 Å². The zero-order chi connectivity index (χ0) is 17.8. The lowest BCUT2D eigenvalue weighted by Gasteiger charge is -2.37. The molecule has 1 N–H and O–H groups in total. The summed E-state index contributed by atoms with van der Waals surface area (Å²) >= 11 is 5.48. The third kappa shape index (κ3) is 4.14. The number of thiocarbonyl (C=S) groups is 1. The summed E-state index contributed by atoms with van der Waals surface area (Å²) in [4.78, 5) is 15.6. The van der Waals surface area contributed by atoms with Gasteiger partial charge in [0.15, 0.2) is 10.9 Å². The number of Topliss-reactive ketones (excluding diaryl/α,β-unsaturated/α-hetero) is 1. The first-order chi connectivity index (χ1) is 12.0. The molecule has 1 fully saturated rings. The Kier molecular flexibility index (Phi) is 5.28. The molecule has 0 atom stereocenters. The highest BCUT2D eigenvalue weighted by atomic mass is 32.1.